The molecule has 6 nitrogen and oxygen atoms in total. The Labute approximate surface area is 548 Å². The average Bonchev–Trinajstić information content (AvgIpc) is 4.03. The van der Waals surface area contributed by atoms with Crippen molar-refractivity contribution in [3.8, 4) is 22.5 Å². The van der Waals surface area contributed by atoms with Crippen LogP contribution in [0.4, 0.5) is 34.1 Å². The Balaban J connectivity index is 0.000000290. The predicted molar refractivity (Wildman–Crippen MR) is 360 cm³/mol. The second-order valence-corrected chi connectivity index (χ2v) is 22.7. The van der Waals surface area contributed by atoms with Gasteiger partial charge in [-0.15, -0.1) is 34.1 Å². The number of pyridine rings is 2. The van der Waals surface area contributed by atoms with Crippen molar-refractivity contribution in [2.24, 2.45) is 0 Å². The maximum Gasteiger partial charge on any atom is 0.0711 e. The van der Waals surface area contributed by atoms with Gasteiger partial charge in [-0.1, -0.05) is 291 Å². The molecule has 85 heavy (non-hydrogen) atoms. The fourth-order valence-electron chi connectivity index (χ4n) is 11.9. The fourth-order valence-corrected chi connectivity index (χ4v) is 11.9. The van der Waals surface area contributed by atoms with Crippen molar-refractivity contribution in [2.75, 3.05) is 0 Å². The zero-order valence-electron chi connectivity index (χ0n) is 52.2. The van der Waals surface area contributed by atoms with E-state index in [0.717, 1.165) is 99.4 Å². The number of aromatic nitrogens is 2. The third-order valence-electron chi connectivity index (χ3n) is 15.9. The number of aryl methyl sites for hydroxylation is 2. The summed E-state index contributed by atoms with van der Waals surface area (Å²) in [5.41, 5.74) is 22.8. The van der Waals surface area contributed by atoms with E-state index in [2.05, 4.69) is 237 Å². The fraction of sp³-hybridized carbons (Fsp3) is 0.247. The predicted octanol–water partition coefficient (Wildman–Crippen LogP) is 24.5. The van der Waals surface area contributed by atoms with Crippen LogP contribution in [0.15, 0.2) is 194 Å². The Hall–Kier alpha value is -6.48. The van der Waals surface area contributed by atoms with Crippen LogP contribution in [-0.4, -0.2) is 9.97 Å². The Kier molecular flexibility index (Phi) is 25.5. The maximum atomic E-state index is 5.32. The second-order valence-electron chi connectivity index (χ2n) is 22.7. The molecular weight excluding hydrogens is 1370 g/mol. The molecule has 0 amide bonds. The zero-order chi connectivity index (χ0) is 54.6. The van der Waals surface area contributed by atoms with E-state index in [4.69, 9.17) is 31.2 Å². The number of hydrogen-bond acceptors (Lipinski definition) is 2. The van der Waals surface area contributed by atoms with Gasteiger partial charge in [-0.25, -0.2) is 9.97 Å². The molecule has 2 atom stereocenters. The minimum Gasteiger partial charge on any atom is -0.678 e. The molecular formula is C77H84Hf2N6-8. The molecule has 0 saturated heterocycles. The van der Waals surface area contributed by atoms with E-state index in [-0.39, 0.29) is 93.5 Å². The topological polar surface area (TPSA) is 82.2 Å². The number of para-hydroxylation sites is 6. The summed E-state index contributed by atoms with van der Waals surface area (Å²) in [6.07, 6.45) is 5.36. The van der Waals surface area contributed by atoms with Crippen molar-refractivity contribution < 1.29 is 51.7 Å². The third kappa shape index (κ3) is 15.2. The van der Waals surface area contributed by atoms with Gasteiger partial charge in [0.15, 0.2) is 0 Å². The van der Waals surface area contributed by atoms with E-state index in [0.29, 0.717) is 23.7 Å². The Bertz CT molecular complexity index is 3710. The van der Waals surface area contributed by atoms with Crippen LogP contribution in [0.5, 0.6) is 0 Å². The van der Waals surface area contributed by atoms with Crippen LogP contribution in [0.25, 0.3) is 65.6 Å². The van der Waals surface area contributed by atoms with E-state index < -0.39 is 0 Å². The molecule has 0 N–H and O–H groups in total. The summed E-state index contributed by atoms with van der Waals surface area (Å²) in [6, 6.07) is 68.8. The van der Waals surface area contributed by atoms with Gasteiger partial charge in [0.2, 0.25) is 0 Å². The summed E-state index contributed by atoms with van der Waals surface area (Å²) in [7, 11) is 0. The summed E-state index contributed by atoms with van der Waals surface area (Å²) in [5.74, 6) is 1.55. The van der Waals surface area contributed by atoms with E-state index in [1.54, 1.807) is 0 Å². The normalized spacial score (nSPS) is 13.7. The molecule has 8 aromatic carbocycles. The van der Waals surface area contributed by atoms with E-state index in [9.17, 15) is 0 Å². The van der Waals surface area contributed by atoms with Crippen LogP contribution in [0, 0.1) is 29.7 Å². The minimum atomic E-state index is 0. The van der Waals surface area contributed by atoms with E-state index in [1.807, 2.05) is 12.1 Å². The molecule has 0 spiro atoms. The molecule has 0 fully saturated rings. The third-order valence-corrected chi connectivity index (χ3v) is 15.9. The Morgan fingerprint density at radius 1 is 0.365 bits per heavy atom. The van der Waals surface area contributed by atoms with Crippen molar-refractivity contribution in [1.29, 1.82) is 0 Å². The summed E-state index contributed by atoms with van der Waals surface area (Å²) >= 11 is 0. The first kappa shape index (κ1) is 69.3. The number of fused-ring (bicyclic) bond motifs is 4. The van der Waals surface area contributed by atoms with Gasteiger partial charge >= 0.3 is 0 Å². The first-order chi connectivity index (χ1) is 38.5. The first-order valence-corrected chi connectivity index (χ1v) is 28.7. The van der Waals surface area contributed by atoms with Crippen LogP contribution in [0.1, 0.15) is 155 Å². The number of hydrogen-bond donors (Lipinski definition) is 0. The summed E-state index contributed by atoms with van der Waals surface area (Å²) < 4.78 is 0. The molecule has 2 heterocycles. The van der Waals surface area contributed by atoms with Crippen molar-refractivity contribution in [2.45, 2.75) is 123 Å². The Morgan fingerprint density at radius 3 is 1.13 bits per heavy atom. The summed E-state index contributed by atoms with van der Waals surface area (Å²) in [6.45, 7) is 17.9. The summed E-state index contributed by atoms with van der Waals surface area (Å²) in [5, 5.41) is 23.2. The average molecular weight is 1450 g/mol. The molecule has 8 heteroatoms. The van der Waals surface area contributed by atoms with Gasteiger partial charge in [-0.3, -0.25) is 0 Å². The van der Waals surface area contributed by atoms with Crippen molar-refractivity contribution in [3.05, 3.63) is 290 Å². The molecule has 2 aliphatic carbocycles. The zero-order valence-corrected chi connectivity index (χ0v) is 59.3. The van der Waals surface area contributed by atoms with Crippen LogP contribution in [-0.2, 0) is 64.5 Å². The van der Waals surface area contributed by atoms with Crippen LogP contribution in [0.3, 0.4) is 0 Å². The van der Waals surface area contributed by atoms with Crippen molar-refractivity contribution >= 4 is 55.9 Å². The van der Waals surface area contributed by atoms with Crippen LogP contribution in [0.2, 0.25) is 0 Å². The van der Waals surface area contributed by atoms with Crippen LogP contribution >= 0.6 is 0 Å². The van der Waals surface area contributed by atoms with Crippen LogP contribution < -0.4 is 0 Å². The molecule has 10 aromatic rings. The SMILES string of the molecule is CC(C)c1cccc(C(C)C)c1[N-]c1cccc2ccc(-c3cccc4c3C([N-]c3ccccc3)CC4)nc12.CC(C)c1cccc(C(C)C)c1[N-]c1cccc2ccc(-c3cccc4c3C([N-]c3ccccc3)CCC4)nc12.[CH3-].[CH3-].[CH3-].[CH3-].[Hf].[Hf]. The maximum absolute atomic E-state index is 5.32. The quantitative estimate of drug-likeness (QED) is 0.0803. The van der Waals surface area contributed by atoms with Gasteiger partial charge in [-0.05, 0) is 81.7 Å². The molecule has 0 aliphatic heterocycles. The molecule has 0 radical (unpaired) electrons. The second kappa shape index (κ2) is 31.2. The van der Waals surface area contributed by atoms with Gasteiger partial charge in [-0.2, -0.15) is 0 Å². The molecule has 12 rings (SSSR count). The largest absolute Gasteiger partial charge is 0.678 e. The standard InChI is InChI=1S/C37H37N3.C36H35N3.4CH3.2Hf/c1-24(2)29-17-11-18-30(25(3)4)37(29)40-34-21-10-14-27-22-23-32(39-36(27)34)31-19-8-12-26-13-9-20-33(35(26)31)38-28-15-6-5-7-16-28;1-23(2)28-15-10-16-29(24(3)4)36(28)39-33-18-9-12-26-20-21-31(38-35(26)33)30-17-8-11-25-19-22-32(34(25)30)37-27-13-6-5-7-14-27;;;;;;/h5-8,10-12,14-19,21-25,33H,9,13,20H2,1-4H3;5-18,20-21,23-24,32H,19,22H2,1-4H3;4*1H3;;/q2*-2;4*-1;;. The number of benzene rings is 8. The monoisotopic (exact) mass is 1450 g/mol. The molecule has 0 bridgehead atoms. The van der Waals surface area contributed by atoms with E-state index in [1.165, 1.54) is 55.6 Å². The smallest absolute Gasteiger partial charge is 0.0711 e. The first-order valence-electron chi connectivity index (χ1n) is 28.7. The minimum absolute atomic E-state index is 0. The molecule has 2 aliphatic rings. The summed E-state index contributed by atoms with van der Waals surface area (Å²) in [4.78, 5) is 10.6. The van der Waals surface area contributed by atoms with Crippen molar-refractivity contribution in [1.82, 2.24) is 9.97 Å². The Morgan fingerprint density at radius 2 is 0.729 bits per heavy atom. The van der Waals surface area contributed by atoms with Gasteiger partial charge in [0.25, 0.3) is 0 Å². The number of nitrogens with zero attached hydrogens (tertiary/aromatic N) is 6. The van der Waals surface area contributed by atoms with Gasteiger partial charge in [0.05, 0.1) is 22.4 Å². The van der Waals surface area contributed by atoms with E-state index >= 15 is 0 Å². The van der Waals surface area contributed by atoms with Gasteiger partial charge in [0.1, 0.15) is 0 Å². The molecule has 2 unspecified atom stereocenters. The molecule has 438 valence electrons. The van der Waals surface area contributed by atoms with Gasteiger partial charge < -0.3 is 51.0 Å². The molecule has 2 aromatic heterocycles. The number of rotatable bonds is 14. The van der Waals surface area contributed by atoms with Crippen molar-refractivity contribution in [3.63, 3.8) is 0 Å². The van der Waals surface area contributed by atoms with Gasteiger partial charge in [0, 0.05) is 62.8 Å². The molecule has 0 saturated carbocycles.